The van der Waals surface area contributed by atoms with Crippen molar-refractivity contribution < 1.29 is 19.0 Å². The summed E-state index contributed by atoms with van der Waals surface area (Å²) in [6, 6.07) is 6.15. The van der Waals surface area contributed by atoms with Crippen LogP contribution >= 0.6 is 0 Å². The van der Waals surface area contributed by atoms with Gasteiger partial charge in [0.25, 0.3) is 0 Å². The Kier molecular flexibility index (Phi) is 7.15. The summed E-state index contributed by atoms with van der Waals surface area (Å²) >= 11 is 0. The van der Waals surface area contributed by atoms with Gasteiger partial charge in [-0.25, -0.2) is 4.79 Å². The van der Waals surface area contributed by atoms with Gasteiger partial charge in [0.2, 0.25) is 0 Å². The molecule has 4 heteroatoms. The summed E-state index contributed by atoms with van der Waals surface area (Å²) in [6.45, 7) is 7.71. The Morgan fingerprint density at radius 3 is 2.63 bits per heavy atom. The van der Waals surface area contributed by atoms with Crippen LogP contribution in [-0.2, 0) is 25.6 Å². The fraction of sp³-hybridized carbons (Fsp3) is 0.533. The van der Waals surface area contributed by atoms with Crippen molar-refractivity contribution in [3.8, 4) is 0 Å². The Balaban J connectivity index is 2.20. The summed E-state index contributed by atoms with van der Waals surface area (Å²) in [7, 11) is 0. The molecular weight excluding hydrogens is 244 g/mol. The summed E-state index contributed by atoms with van der Waals surface area (Å²) in [5.74, 6) is -0.357. The number of esters is 1. The first kappa shape index (κ1) is 15.7. The monoisotopic (exact) mass is 266 g/mol. The zero-order chi connectivity index (χ0) is 14.1. The van der Waals surface area contributed by atoms with Crippen molar-refractivity contribution in [2.75, 3.05) is 26.4 Å². The molecule has 0 aliphatic heterocycles. The van der Waals surface area contributed by atoms with Crippen molar-refractivity contribution in [1.29, 1.82) is 0 Å². The lowest BCUT2D eigenvalue weighted by Crippen LogP contribution is -2.16. The fourth-order valence-electron chi connectivity index (χ4n) is 1.65. The molecule has 0 saturated heterocycles. The van der Waals surface area contributed by atoms with Crippen LogP contribution < -0.4 is 0 Å². The van der Waals surface area contributed by atoms with E-state index >= 15 is 0 Å². The molecule has 1 aromatic rings. The molecule has 0 N–H and O–H groups in total. The summed E-state index contributed by atoms with van der Waals surface area (Å²) in [5.41, 5.74) is 3.48. The van der Waals surface area contributed by atoms with E-state index in [1.54, 1.807) is 0 Å². The molecule has 4 nitrogen and oxygen atoms in total. The second kappa shape index (κ2) is 8.67. The number of ether oxygens (including phenoxy) is 3. The summed E-state index contributed by atoms with van der Waals surface area (Å²) in [5, 5.41) is 0. The smallest absolute Gasteiger partial charge is 0.332 e. The summed E-state index contributed by atoms with van der Waals surface area (Å²) in [6.07, 6.45) is 0. The lowest BCUT2D eigenvalue weighted by atomic mass is 10.1. The Bertz CT molecular complexity index is 401. The van der Waals surface area contributed by atoms with Gasteiger partial charge in [-0.3, -0.25) is 0 Å². The molecule has 106 valence electrons. The standard InChI is InChI=1S/C15H22O4/c1-4-17-7-8-19-15(16)11-18-10-14-6-5-12(2)9-13(14)3/h5-6,9H,4,7-8,10-11H2,1-3H3. The van der Waals surface area contributed by atoms with E-state index in [2.05, 4.69) is 6.07 Å². The Morgan fingerprint density at radius 1 is 1.16 bits per heavy atom. The molecule has 0 spiro atoms. The molecule has 0 radical (unpaired) electrons. The highest BCUT2D eigenvalue weighted by Crippen LogP contribution is 2.11. The molecular formula is C15H22O4. The molecule has 0 atom stereocenters. The second-order valence-corrected chi connectivity index (χ2v) is 4.34. The van der Waals surface area contributed by atoms with Crippen molar-refractivity contribution >= 4 is 5.97 Å². The van der Waals surface area contributed by atoms with Crippen molar-refractivity contribution in [2.24, 2.45) is 0 Å². The average Bonchev–Trinajstić information content (AvgIpc) is 2.37. The molecule has 0 heterocycles. The van der Waals surface area contributed by atoms with E-state index in [4.69, 9.17) is 14.2 Å². The minimum absolute atomic E-state index is 0.0283. The zero-order valence-corrected chi connectivity index (χ0v) is 11.9. The van der Waals surface area contributed by atoms with Crippen LogP contribution in [0, 0.1) is 13.8 Å². The fourth-order valence-corrected chi connectivity index (χ4v) is 1.65. The van der Waals surface area contributed by atoms with Crippen LogP contribution in [-0.4, -0.2) is 32.4 Å². The summed E-state index contributed by atoms with van der Waals surface area (Å²) < 4.78 is 15.4. The average molecular weight is 266 g/mol. The van der Waals surface area contributed by atoms with Crippen LogP contribution in [0.25, 0.3) is 0 Å². The van der Waals surface area contributed by atoms with Crippen LogP contribution in [0.5, 0.6) is 0 Å². The lowest BCUT2D eigenvalue weighted by Gasteiger charge is -2.08. The molecule has 1 aromatic carbocycles. The number of hydrogen-bond acceptors (Lipinski definition) is 4. The molecule has 0 bridgehead atoms. The maximum Gasteiger partial charge on any atom is 0.332 e. The predicted octanol–water partition coefficient (Wildman–Crippen LogP) is 2.40. The van der Waals surface area contributed by atoms with Crippen LogP contribution in [0.1, 0.15) is 23.6 Å². The van der Waals surface area contributed by atoms with E-state index in [1.165, 1.54) is 11.1 Å². The van der Waals surface area contributed by atoms with Gasteiger partial charge in [0, 0.05) is 6.61 Å². The minimum Gasteiger partial charge on any atom is -0.462 e. The normalized spacial score (nSPS) is 10.5. The molecule has 0 aliphatic rings. The molecule has 0 aliphatic carbocycles. The second-order valence-electron chi connectivity index (χ2n) is 4.34. The van der Waals surface area contributed by atoms with E-state index < -0.39 is 0 Å². The summed E-state index contributed by atoms with van der Waals surface area (Å²) in [4.78, 5) is 11.3. The van der Waals surface area contributed by atoms with Gasteiger partial charge < -0.3 is 14.2 Å². The third-order valence-corrected chi connectivity index (χ3v) is 2.67. The highest BCUT2D eigenvalue weighted by molar-refractivity contribution is 5.70. The Hall–Kier alpha value is -1.39. The number of carbonyl (C=O) groups excluding carboxylic acids is 1. The van der Waals surface area contributed by atoms with Crippen LogP contribution in [0.2, 0.25) is 0 Å². The maximum atomic E-state index is 11.3. The minimum atomic E-state index is -0.357. The van der Waals surface area contributed by atoms with Gasteiger partial charge in [0.05, 0.1) is 13.2 Å². The van der Waals surface area contributed by atoms with Gasteiger partial charge in [-0.1, -0.05) is 23.8 Å². The molecule has 1 rings (SSSR count). The zero-order valence-electron chi connectivity index (χ0n) is 11.9. The van der Waals surface area contributed by atoms with Crippen molar-refractivity contribution in [1.82, 2.24) is 0 Å². The molecule has 0 fully saturated rings. The van der Waals surface area contributed by atoms with Crippen LogP contribution in [0.3, 0.4) is 0 Å². The van der Waals surface area contributed by atoms with Gasteiger partial charge in [0.15, 0.2) is 0 Å². The Labute approximate surface area is 114 Å². The van der Waals surface area contributed by atoms with E-state index in [-0.39, 0.29) is 19.2 Å². The van der Waals surface area contributed by atoms with Crippen molar-refractivity contribution in [2.45, 2.75) is 27.4 Å². The van der Waals surface area contributed by atoms with E-state index in [9.17, 15) is 4.79 Å². The number of aryl methyl sites for hydroxylation is 2. The van der Waals surface area contributed by atoms with Crippen molar-refractivity contribution in [3.05, 3.63) is 34.9 Å². The molecule has 0 amide bonds. The van der Waals surface area contributed by atoms with Crippen LogP contribution in [0.15, 0.2) is 18.2 Å². The Morgan fingerprint density at radius 2 is 1.95 bits per heavy atom. The van der Waals surface area contributed by atoms with Gasteiger partial charge in [0.1, 0.15) is 13.2 Å². The predicted molar refractivity (Wildman–Crippen MR) is 73.0 cm³/mol. The first-order valence-corrected chi connectivity index (χ1v) is 6.50. The van der Waals surface area contributed by atoms with Gasteiger partial charge in [-0.05, 0) is 31.9 Å². The van der Waals surface area contributed by atoms with E-state index in [0.717, 1.165) is 5.56 Å². The molecule has 19 heavy (non-hydrogen) atoms. The quantitative estimate of drug-likeness (QED) is 0.535. The first-order valence-electron chi connectivity index (χ1n) is 6.50. The maximum absolute atomic E-state index is 11.3. The van der Waals surface area contributed by atoms with Crippen LogP contribution in [0.4, 0.5) is 0 Å². The third kappa shape index (κ3) is 6.36. The SMILES string of the molecule is CCOCCOC(=O)COCc1ccc(C)cc1C. The lowest BCUT2D eigenvalue weighted by molar-refractivity contribution is -0.150. The van der Waals surface area contributed by atoms with Gasteiger partial charge in [-0.2, -0.15) is 0 Å². The number of hydrogen-bond donors (Lipinski definition) is 0. The highest BCUT2D eigenvalue weighted by atomic mass is 16.6. The van der Waals surface area contributed by atoms with Crippen molar-refractivity contribution in [3.63, 3.8) is 0 Å². The number of rotatable bonds is 8. The number of carbonyl (C=O) groups is 1. The molecule has 0 aromatic heterocycles. The largest absolute Gasteiger partial charge is 0.462 e. The topological polar surface area (TPSA) is 44.8 Å². The third-order valence-electron chi connectivity index (χ3n) is 2.67. The molecule has 0 unspecified atom stereocenters. The first-order chi connectivity index (χ1) is 9.13. The van der Waals surface area contributed by atoms with Gasteiger partial charge in [-0.15, -0.1) is 0 Å². The van der Waals surface area contributed by atoms with E-state index in [0.29, 0.717) is 19.8 Å². The molecule has 0 saturated carbocycles. The highest BCUT2D eigenvalue weighted by Gasteiger charge is 2.04. The number of benzene rings is 1. The van der Waals surface area contributed by atoms with E-state index in [1.807, 2.05) is 32.9 Å². The van der Waals surface area contributed by atoms with Gasteiger partial charge >= 0.3 is 5.97 Å².